The van der Waals surface area contributed by atoms with Gasteiger partial charge in [-0.05, 0) is 25.0 Å². The van der Waals surface area contributed by atoms with Gasteiger partial charge in [0, 0.05) is 6.42 Å². The van der Waals surface area contributed by atoms with Gasteiger partial charge in [-0.3, -0.25) is 4.79 Å². The molecule has 0 radical (unpaired) electrons. The molecular weight excluding hydrogens is 188 g/mol. The highest BCUT2D eigenvalue weighted by atomic mass is 16.3. The third-order valence-electron chi connectivity index (χ3n) is 2.74. The van der Waals surface area contributed by atoms with Crippen molar-refractivity contribution in [1.29, 1.82) is 0 Å². The number of carbonyl (C=O) groups excluding carboxylic acids is 1. The minimum absolute atomic E-state index is 0.188. The highest BCUT2D eigenvalue weighted by Gasteiger charge is 2.33. The van der Waals surface area contributed by atoms with Gasteiger partial charge >= 0.3 is 0 Å². The molecule has 0 spiro atoms. The van der Waals surface area contributed by atoms with Crippen molar-refractivity contribution in [2.24, 2.45) is 0 Å². The average molecular weight is 208 g/mol. The molecule has 1 aliphatic carbocycles. The number of rotatable bonds is 6. The van der Waals surface area contributed by atoms with Gasteiger partial charge in [-0.25, -0.2) is 0 Å². The second kappa shape index (κ2) is 5.86. The van der Waals surface area contributed by atoms with Crippen molar-refractivity contribution in [3.05, 3.63) is 24.3 Å². The Kier molecular flexibility index (Phi) is 4.76. The fourth-order valence-electron chi connectivity index (χ4n) is 1.71. The van der Waals surface area contributed by atoms with Crippen LogP contribution in [0.4, 0.5) is 0 Å². The summed E-state index contributed by atoms with van der Waals surface area (Å²) in [5, 5.41) is 9.86. The van der Waals surface area contributed by atoms with Crippen LogP contribution in [0.15, 0.2) is 24.3 Å². The summed E-state index contributed by atoms with van der Waals surface area (Å²) < 4.78 is 0. The maximum atomic E-state index is 11.3. The van der Waals surface area contributed by atoms with Gasteiger partial charge in [-0.1, -0.05) is 38.3 Å². The van der Waals surface area contributed by atoms with Gasteiger partial charge in [0.15, 0.2) is 5.78 Å². The Hall–Kier alpha value is -0.890. The maximum Gasteiger partial charge on any atom is 0.191 e. The van der Waals surface area contributed by atoms with Gasteiger partial charge in [0.1, 0.15) is 5.60 Å². The van der Waals surface area contributed by atoms with E-state index in [1.165, 1.54) is 25.3 Å². The number of carbonyl (C=O) groups is 1. The number of ketones is 1. The third kappa shape index (κ3) is 3.63. The van der Waals surface area contributed by atoms with Crippen LogP contribution in [-0.2, 0) is 4.79 Å². The van der Waals surface area contributed by atoms with Crippen LogP contribution in [-0.4, -0.2) is 16.5 Å². The third-order valence-corrected chi connectivity index (χ3v) is 2.74. The summed E-state index contributed by atoms with van der Waals surface area (Å²) in [7, 11) is 0. The molecular formula is C13H20O2. The monoisotopic (exact) mass is 208 g/mol. The molecule has 84 valence electrons. The second-order valence-corrected chi connectivity index (χ2v) is 4.15. The minimum Gasteiger partial charge on any atom is -0.377 e. The van der Waals surface area contributed by atoms with Gasteiger partial charge in [0.25, 0.3) is 0 Å². The van der Waals surface area contributed by atoms with Crippen LogP contribution in [0, 0.1) is 0 Å². The Labute approximate surface area is 91.7 Å². The van der Waals surface area contributed by atoms with Crippen LogP contribution in [0.3, 0.4) is 0 Å². The van der Waals surface area contributed by atoms with E-state index in [2.05, 4.69) is 6.92 Å². The van der Waals surface area contributed by atoms with E-state index in [4.69, 9.17) is 0 Å². The Bertz CT molecular complexity index is 266. The van der Waals surface area contributed by atoms with Crippen molar-refractivity contribution in [3.8, 4) is 0 Å². The molecule has 1 unspecified atom stereocenters. The molecule has 0 aliphatic heterocycles. The normalized spacial score (nSPS) is 25.6. The Balaban J connectivity index is 2.23. The first-order chi connectivity index (χ1) is 7.19. The molecule has 15 heavy (non-hydrogen) atoms. The number of aliphatic hydroxyl groups is 1. The van der Waals surface area contributed by atoms with Crippen LogP contribution in [0.25, 0.3) is 0 Å². The van der Waals surface area contributed by atoms with Gasteiger partial charge in [-0.2, -0.15) is 0 Å². The van der Waals surface area contributed by atoms with Crippen molar-refractivity contribution in [2.45, 2.75) is 51.0 Å². The lowest BCUT2D eigenvalue weighted by molar-refractivity contribution is -0.126. The fraction of sp³-hybridized carbons (Fsp3) is 0.615. The Morgan fingerprint density at radius 3 is 2.87 bits per heavy atom. The predicted octanol–water partition coefficient (Wildman–Crippen LogP) is 2.77. The lowest BCUT2D eigenvalue weighted by atomic mass is 9.99. The topological polar surface area (TPSA) is 37.3 Å². The fourth-order valence-corrected chi connectivity index (χ4v) is 1.71. The molecule has 2 heteroatoms. The zero-order valence-corrected chi connectivity index (χ0v) is 9.41. The van der Waals surface area contributed by atoms with Crippen LogP contribution in [0.2, 0.25) is 0 Å². The van der Waals surface area contributed by atoms with Gasteiger partial charge in [0.2, 0.25) is 0 Å². The van der Waals surface area contributed by atoms with Crippen LogP contribution in [0.1, 0.15) is 45.4 Å². The molecule has 0 heterocycles. The quantitative estimate of drug-likeness (QED) is 0.538. The Morgan fingerprint density at radius 1 is 1.47 bits per heavy atom. The van der Waals surface area contributed by atoms with Crippen molar-refractivity contribution in [2.75, 3.05) is 0 Å². The molecule has 1 N–H and O–H groups in total. The predicted molar refractivity (Wildman–Crippen MR) is 61.6 cm³/mol. The van der Waals surface area contributed by atoms with E-state index in [-0.39, 0.29) is 5.78 Å². The Morgan fingerprint density at radius 2 is 2.27 bits per heavy atom. The summed E-state index contributed by atoms with van der Waals surface area (Å²) >= 11 is 0. The summed E-state index contributed by atoms with van der Waals surface area (Å²) in [5.74, 6) is -0.188. The van der Waals surface area contributed by atoms with Crippen LogP contribution >= 0.6 is 0 Å². The highest BCUT2D eigenvalue weighted by Crippen LogP contribution is 2.21. The summed E-state index contributed by atoms with van der Waals surface area (Å²) in [5.41, 5.74) is -1.23. The van der Waals surface area contributed by atoms with Crippen molar-refractivity contribution >= 4 is 5.78 Å². The minimum atomic E-state index is -1.23. The molecule has 0 saturated carbocycles. The maximum absolute atomic E-state index is 11.3. The smallest absolute Gasteiger partial charge is 0.191 e. The molecule has 0 aromatic heterocycles. The zero-order chi connectivity index (χ0) is 11.1. The van der Waals surface area contributed by atoms with Gasteiger partial charge in [0.05, 0.1) is 0 Å². The number of hydrogen-bond acceptors (Lipinski definition) is 2. The summed E-state index contributed by atoms with van der Waals surface area (Å²) in [6.45, 7) is 2.18. The average Bonchev–Trinajstić information content (AvgIpc) is 2.54. The van der Waals surface area contributed by atoms with Gasteiger partial charge < -0.3 is 5.11 Å². The van der Waals surface area contributed by atoms with Crippen molar-refractivity contribution < 1.29 is 9.90 Å². The standard InChI is InChI=1S/C13H20O2/c1-2-3-4-5-6-7-10-13(15)11-8-9-12(13)14/h7-10,15H,2-6,11H2,1H3. The lowest BCUT2D eigenvalue weighted by Gasteiger charge is -2.14. The molecule has 0 bridgehead atoms. The van der Waals surface area contributed by atoms with Crippen LogP contribution in [0.5, 0.6) is 0 Å². The molecule has 0 amide bonds. The zero-order valence-electron chi connectivity index (χ0n) is 9.41. The van der Waals surface area contributed by atoms with E-state index in [1.54, 1.807) is 12.2 Å². The van der Waals surface area contributed by atoms with Crippen LogP contribution < -0.4 is 0 Å². The molecule has 0 fully saturated rings. The molecule has 2 nitrogen and oxygen atoms in total. The SMILES string of the molecule is CCCCCCC=CC1(O)CC=CC1=O. The van der Waals surface area contributed by atoms with E-state index in [0.29, 0.717) is 6.42 Å². The van der Waals surface area contributed by atoms with E-state index < -0.39 is 5.60 Å². The second-order valence-electron chi connectivity index (χ2n) is 4.15. The molecule has 1 rings (SSSR count). The molecule has 1 aliphatic rings. The first-order valence-electron chi connectivity index (χ1n) is 5.80. The van der Waals surface area contributed by atoms with E-state index in [9.17, 15) is 9.90 Å². The first kappa shape index (κ1) is 12.2. The van der Waals surface area contributed by atoms with E-state index in [1.807, 2.05) is 6.08 Å². The van der Waals surface area contributed by atoms with E-state index in [0.717, 1.165) is 12.8 Å². The molecule has 0 aromatic carbocycles. The van der Waals surface area contributed by atoms with Crippen molar-refractivity contribution in [1.82, 2.24) is 0 Å². The number of hydrogen-bond donors (Lipinski definition) is 1. The summed E-state index contributed by atoms with van der Waals surface area (Å²) in [4.78, 5) is 11.3. The molecule has 0 aromatic rings. The first-order valence-corrected chi connectivity index (χ1v) is 5.80. The van der Waals surface area contributed by atoms with Gasteiger partial charge in [-0.15, -0.1) is 0 Å². The highest BCUT2D eigenvalue weighted by molar-refractivity contribution is 6.00. The lowest BCUT2D eigenvalue weighted by Crippen LogP contribution is -2.30. The summed E-state index contributed by atoms with van der Waals surface area (Å²) in [6, 6.07) is 0. The largest absolute Gasteiger partial charge is 0.377 e. The number of unbranched alkanes of at least 4 members (excludes halogenated alkanes) is 4. The molecule has 1 atom stereocenters. The van der Waals surface area contributed by atoms with Crippen molar-refractivity contribution in [3.63, 3.8) is 0 Å². The number of allylic oxidation sites excluding steroid dienone is 1. The molecule has 0 saturated heterocycles. The van der Waals surface area contributed by atoms with E-state index >= 15 is 0 Å². The summed E-state index contributed by atoms with van der Waals surface area (Å²) in [6.07, 6.45) is 13.0.